The molecule has 4 aromatic rings. The molecule has 6 nitrogen and oxygen atoms in total. The van der Waals surface area contributed by atoms with Crippen LogP contribution in [0.25, 0.3) is 0 Å². The van der Waals surface area contributed by atoms with Crippen LogP contribution in [0.15, 0.2) is 103 Å². The minimum Gasteiger partial charge on any atom is -0.493 e. The molecule has 0 amide bonds. The maximum Gasteiger partial charge on any atom is 0.320 e. The maximum absolute atomic E-state index is 12.0. The van der Waals surface area contributed by atoms with E-state index in [-0.39, 0.29) is 18.0 Å². The third-order valence-corrected chi connectivity index (χ3v) is 9.79. The van der Waals surface area contributed by atoms with Crippen LogP contribution in [0.1, 0.15) is 5.56 Å². The number of nitrogens with zero attached hydrogens (tertiary/aromatic N) is 1. The van der Waals surface area contributed by atoms with Crippen LogP contribution in [0.2, 0.25) is 0 Å². The molecular formula is C27H25NO5Si. The summed E-state index contributed by atoms with van der Waals surface area (Å²) in [7, 11) is -0.159. The molecule has 0 spiro atoms. The predicted molar refractivity (Wildman–Crippen MR) is 135 cm³/mol. The van der Waals surface area contributed by atoms with Gasteiger partial charge in [-0.1, -0.05) is 91.0 Å². The van der Waals surface area contributed by atoms with Crippen LogP contribution in [-0.2, 0) is 11.0 Å². The van der Waals surface area contributed by atoms with E-state index in [9.17, 15) is 10.1 Å². The molecule has 0 bridgehead atoms. The quantitative estimate of drug-likeness (QED) is 0.161. The molecule has 0 aliphatic heterocycles. The normalized spacial score (nSPS) is 11.1. The Kier molecular flexibility index (Phi) is 7.06. The van der Waals surface area contributed by atoms with Gasteiger partial charge in [-0.2, -0.15) is 0 Å². The highest BCUT2D eigenvalue weighted by atomic mass is 28.4. The molecule has 4 rings (SSSR count). The Balaban J connectivity index is 1.90. The molecule has 0 heterocycles. The summed E-state index contributed by atoms with van der Waals surface area (Å²) in [6.07, 6.45) is 0. The third-order valence-electron chi connectivity index (χ3n) is 5.77. The fourth-order valence-corrected chi connectivity index (χ4v) is 8.08. The van der Waals surface area contributed by atoms with Crippen molar-refractivity contribution < 1.29 is 18.8 Å². The van der Waals surface area contributed by atoms with Gasteiger partial charge in [-0.05, 0) is 27.7 Å². The van der Waals surface area contributed by atoms with Gasteiger partial charge in [0.2, 0.25) is 5.75 Å². The van der Waals surface area contributed by atoms with Crippen LogP contribution in [0, 0.1) is 10.1 Å². The van der Waals surface area contributed by atoms with E-state index in [1.807, 2.05) is 54.6 Å². The Hall–Kier alpha value is -3.94. The van der Waals surface area contributed by atoms with Crippen molar-refractivity contribution in [1.29, 1.82) is 0 Å². The fraction of sp³-hybridized carbons (Fsp3) is 0.111. The van der Waals surface area contributed by atoms with E-state index in [4.69, 9.17) is 13.9 Å². The number of nitro benzene ring substituents is 1. The zero-order chi connectivity index (χ0) is 24.0. The molecule has 0 aromatic heterocycles. The first-order valence-electron chi connectivity index (χ1n) is 10.8. The van der Waals surface area contributed by atoms with Crippen molar-refractivity contribution in [1.82, 2.24) is 0 Å². The first-order chi connectivity index (χ1) is 16.6. The molecule has 0 radical (unpaired) electrons. The molecule has 4 aromatic carbocycles. The number of nitro groups is 1. The van der Waals surface area contributed by atoms with E-state index < -0.39 is 13.2 Å². The van der Waals surface area contributed by atoms with Gasteiger partial charge in [0, 0.05) is 0 Å². The van der Waals surface area contributed by atoms with E-state index >= 15 is 0 Å². The molecule has 0 unspecified atom stereocenters. The van der Waals surface area contributed by atoms with E-state index in [1.54, 1.807) is 12.1 Å². The van der Waals surface area contributed by atoms with Crippen LogP contribution < -0.4 is 25.0 Å². The molecule has 7 heteroatoms. The van der Waals surface area contributed by atoms with Crippen LogP contribution in [0.5, 0.6) is 11.5 Å². The predicted octanol–water partition coefficient (Wildman–Crippen LogP) is 3.80. The van der Waals surface area contributed by atoms with Gasteiger partial charge in [0.1, 0.15) is 0 Å². The lowest BCUT2D eigenvalue weighted by molar-refractivity contribution is -0.386. The van der Waals surface area contributed by atoms with Crippen LogP contribution in [0.3, 0.4) is 0 Å². The molecule has 0 fully saturated rings. The van der Waals surface area contributed by atoms with Gasteiger partial charge in [-0.3, -0.25) is 10.1 Å². The lowest BCUT2D eigenvalue weighted by Gasteiger charge is -2.33. The number of rotatable bonds is 9. The van der Waals surface area contributed by atoms with Gasteiger partial charge < -0.3 is 13.9 Å². The van der Waals surface area contributed by atoms with Gasteiger partial charge in [0.25, 0.3) is 8.32 Å². The van der Waals surface area contributed by atoms with E-state index in [0.717, 1.165) is 15.6 Å². The zero-order valence-corrected chi connectivity index (χ0v) is 20.0. The van der Waals surface area contributed by atoms with Crippen LogP contribution in [0.4, 0.5) is 5.69 Å². The van der Waals surface area contributed by atoms with Crippen molar-refractivity contribution in [2.24, 2.45) is 0 Å². The molecule has 34 heavy (non-hydrogen) atoms. The molecule has 0 atom stereocenters. The lowest BCUT2D eigenvalue weighted by atomic mass is 10.1. The van der Waals surface area contributed by atoms with Crippen molar-refractivity contribution in [3.05, 3.63) is 119 Å². The standard InChI is InChI=1S/C27H25NO5Si/c1-31-25-19-18-21(26(28(29)30)27(25)32-2)20-33-34(22-12-6-3-7-13-22,23-14-8-4-9-15-23)24-16-10-5-11-17-24/h3-19H,20H2,1-2H3. The Bertz CT molecular complexity index is 1150. The van der Waals surface area contributed by atoms with Gasteiger partial charge in [0.15, 0.2) is 5.75 Å². The summed E-state index contributed by atoms with van der Waals surface area (Å²) in [6, 6.07) is 33.6. The number of benzene rings is 4. The lowest BCUT2D eigenvalue weighted by Crippen LogP contribution is -2.69. The van der Waals surface area contributed by atoms with Gasteiger partial charge in [0.05, 0.1) is 31.3 Å². The van der Waals surface area contributed by atoms with Crippen molar-refractivity contribution in [2.45, 2.75) is 6.61 Å². The van der Waals surface area contributed by atoms with E-state index in [2.05, 4.69) is 36.4 Å². The molecule has 0 aliphatic carbocycles. The molecule has 0 N–H and O–H groups in total. The van der Waals surface area contributed by atoms with Crippen molar-refractivity contribution in [2.75, 3.05) is 14.2 Å². The third kappa shape index (κ3) is 4.31. The van der Waals surface area contributed by atoms with Crippen molar-refractivity contribution in [3.8, 4) is 11.5 Å². The Labute approximate surface area is 199 Å². The number of ether oxygens (including phenoxy) is 2. The monoisotopic (exact) mass is 471 g/mol. The smallest absolute Gasteiger partial charge is 0.320 e. The average molecular weight is 472 g/mol. The number of methoxy groups -OCH3 is 2. The van der Waals surface area contributed by atoms with Gasteiger partial charge in [-0.25, -0.2) is 0 Å². The summed E-state index contributed by atoms with van der Waals surface area (Å²) >= 11 is 0. The second-order valence-corrected chi connectivity index (χ2v) is 11.0. The van der Waals surface area contributed by atoms with E-state index in [1.165, 1.54) is 14.2 Å². The summed E-state index contributed by atoms with van der Waals surface area (Å²) in [5.41, 5.74) is 0.265. The second kappa shape index (κ2) is 10.3. The molecule has 172 valence electrons. The SMILES string of the molecule is COc1ccc(CO[Si](c2ccccc2)(c2ccccc2)c2ccccc2)c([N+](=O)[O-])c1OC. The van der Waals surface area contributed by atoms with Crippen molar-refractivity contribution >= 4 is 29.6 Å². The fourth-order valence-electron chi connectivity index (χ4n) is 4.22. The summed E-state index contributed by atoms with van der Waals surface area (Å²) < 4.78 is 17.5. The first kappa shape index (κ1) is 23.2. The first-order valence-corrected chi connectivity index (χ1v) is 12.7. The van der Waals surface area contributed by atoms with E-state index in [0.29, 0.717) is 11.3 Å². The highest BCUT2D eigenvalue weighted by Crippen LogP contribution is 2.39. The van der Waals surface area contributed by atoms with Gasteiger partial charge in [-0.15, -0.1) is 0 Å². The van der Waals surface area contributed by atoms with Crippen LogP contribution >= 0.6 is 0 Å². The summed E-state index contributed by atoms with van der Waals surface area (Å²) in [5, 5.41) is 15.2. The average Bonchev–Trinajstić information content (AvgIpc) is 2.90. The molecule has 0 saturated carbocycles. The number of hydrogen-bond acceptors (Lipinski definition) is 5. The minimum absolute atomic E-state index is 0.0293. The Morgan fingerprint density at radius 1 is 0.706 bits per heavy atom. The molecule has 0 saturated heterocycles. The Morgan fingerprint density at radius 3 is 1.56 bits per heavy atom. The Morgan fingerprint density at radius 2 is 1.18 bits per heavy atom. The summed E-state index contributed by atoms with van der Waals surface area (Å²) in [4.78, 5) is 11.6. The highest BCUT2D eigenvalue weighted by Gasteiger charge is 2.42. The topological polar surface area (TPSA) is 70.8 Å². The molecule has 0 aliphatic rings. The second-order valence-electron chi connectivity index (χ2n) is 7.63. The number of hydrogen-bond donors (Lipinski definition) is 0. The molecular weight excluding hydrogens is 446 g/mol. The van der Waals surface area contributed by atoms with Crippen molar-refractivity contribution in [3.63, 3.8) is 0 Å². The van der Waals surface area contributed by atoms with Crippen LogP contribution in [-0.4, -0.2) is 27.5 Å². The van der Waals surface area contributed by atoms with Gasteiger partial charge >= 0.3 is 5.69 Å². The maximum atomic E-state index is 12.0. The summed E-state index contributed by atoms with van der Waals surface area (Å²) in [5.74, 6) is 0.385. The summed E-state index contributed by atoms with van der Waals surface area (Å²) in [6.45, 7) is 0.0293. The largest absolute Gasteiger partial charge is 0.493 e. The highest BCUT2D eigenvalue weighted by molar-refractivity contribution is 7.07. The zero-order valence-electron chi connectivity index (χ0n) is 19.0. The minimum atomic E-state index is -3.01.